The topological polar surface area (TPSA) is 43.8 Å². The maximum Gasteiger partial charge on any atom is 0.224 e. The van der Waals surface area contributed by atoms with Crippen molar-refractivity contribution in [2.45, 2.75) is 58.1 Å². The lowest BCUT2D eigenvalue weighted by molar-refractivity contribution is -0.132. The van der Waals surface area contributed by atoms with E-state index in [2.05, 4.69) is 11.8 Å². The zero-order valence-electron chi connectivity index (χ0n) is 12.3. The second-order valence-electron chi connectivity index (χ2n) is 6.27. The van der Waals surface area contributed by atoms with Gasteiger partial charge >= 0.3 is 0 Å². The number of aliphatic hydroxyl groups is 1. The van der Waals surface area contributed by atoms with E-state index in [4.69, 9.17) is 0 Å². The van der Waals surface area contributed by atoms with Gasteiger partial charge in [-0.1, -0.05) is 0 Å². The summed E-state index contributed by atoms with van der Waals surface area (Å²) in [7, 11) is 0. The van der Waals surface area contributed by atoms with Crippen LogP contribution in [0.5, 0.6) is 0 Å². The Bertz CT molecular complexity index is 307. The Hall–Kier alpha value is -0.610. The van der Waals surface area contributed by atoms with E-state index in [0.29, 0.717) is 24.3 Å². The minimum absolute atomic E-state index is 0.225. The predicted molar refractivity (Wildman–Crippen MR) is 75.9 cm³/mol. The number of amides is 1. The number of carbonyl (C=O) groups is 1. The van der Waals surface area contributed by atoms with Gasteiger partial charge in [0.25, 0.3) is 0 Å². The standard InChI is InChI=1S/C15H28N2O2/c1-12-5-3-9-17(12)15(19)7-10-16-8-4-6-14(11-16)13(2)18/h12-14,18H,3-11H2,1-2H3. The van der Waals surface area contributed by atoms with Crippen molar-refractivity contribution in [3.05, 3.63) is 0 Å². The van der Waals surface area contributed by atoms with Crippen molar-refractivity contribution in [2.24, 2.45) is 5.92 Å². The van der Waals surface area contributed by atoms with Crippen molar-refractivity contribution < 1.29 is 9.90 Å². The molecule has 2 rings (SSSR count). The monoisotopic (exact) mass is 268 g/mol. The maximum atomic E-state index is 12.2. The molecule has 0 saturated carbocycles. The Morgan fingerprint density at radius 1 is 1.32 bits per heavy atom. The molecule has 0 aliphatic carbocycles. The van der Waals surface area contributed by atoms with Gasteiger partial charge in [-0.3, -0.25) is 4.79 Å². The van der Waals surface area contributed by atoms with E-state index >= 15 is 0 Å². The molecule has 2 aliphatic rings. The summed E-state index contributed by atoms with van der Waals surface area (Å²) in [6.45, 7) is 7.84. The Labute approximate surface area is 116 Å². The van der Waals surface area contributed by atoms with Crippen LogP contribution in [0.25, 0.3) is 0 Å². The molecule has 3 atom stereocenters. The fourth-order valence-electron chi connectivity index (χ4n) is 3.39. The highest BCUT2D eigenvalue weighted by atomic mass is 16.3. The first-order valence-corrected chi connectivity index (χ1v) is 7.78. The number of aliphatic hydroxyl groups excluding tert-OH is 1. The Kier molecular flexibility index (Phi) is 5.22. The molecule has 3 unspecified atom stereocenters. The highest BCUT2D eigenvalue weighted by molar-refractivity contribution is 5.77. The molecule has 2 aliphatic heterocycles. The van der Waals surface area contributed by atoms with Crippen LogP contribution in [0.1, 0.15) is 46.0 Å². The highest BCUT2D eigenvalue weighted by Crippen LogP contribution is 2.21. The second-order valence-corrected chi connectivity index (χ2v) is 6.27. The van der Waals surface area contributed by atoms with Gasteiger partial charge in [-0.15, -0.1) is 0 Å². The fraction of sp³-hybridized carbons (Fsp3) is 0.933. The van der Waals surface area contributed by atoms with Crippen LogP contribution >= 0.6 is 0 Å². The maximum absolute atomic E-state index is 12.2. The van der Waals surface area contributed by atoms with Gasteiger partial charge in [-0.25, -0.2) is 0 Å². The smallest absolute Gasteiger partial charge is 0.224 e. The summed E-state index contributed by atoms with van der Waals surface area (Å²) in [4.78, 5) is 16.5. The number of likely N-dealkylation sites (tertiary alicyclic amines) is 2. The molecule has 0 radical (unpaired) electrons. The zero-order chi connectivity index (χ0) is 13.8. The lowest BCUT2D eigenvalue weighted by atomic mass is 9.93. The van der Waals surface area contributed by atoms with E-state index in [-0.39, 0.29) is 6.10 Å². The summed E-state index contributed by atoms with van der Waals surface area (Å²) < 4.78 is 0. The van der Waals surface area contributed by atoms with E-state index in [0.717, 1.165) is 51.9 Å². The zero-order valence-corrected chi connectivity index (χ0v) is 12.3. The van der Waals surface area contributed by atoms with Crippen LogP contribution in [-0.4, -0.2) is 59.1 Å². The lowest BCUT2D eigenvalue weighted by Crippen LogP contribution is -2.42. The third-order valence-corrected chi connectivity index (χ3v) is 4.74. The molecule has 4 heteroatoms. The average Bonchev–Trinajstić information content (AvgIpc) is 2.82. The van der Waals surface area contributed by atoms with Crippen LogP contribution in [0, 0.1) is 5.92 Å². The normalized spacial score (nSPS) is 30.6. The first-order chi connectivity index (χ1) is 9.08. The highest BCUT2D eigenvalue weighted by Gasteiger charge is 2.27. The molecule has 110 valence electrons. The molecule has 0 spiro atoms. The molecule has 1 N–H and O–H groups in total. The minimum Gasteiger partial charge on any atom is -0.393 e. The third kappa shape index (κ3) is 3.93. The summed E-state index contributed by atoms with van der Waals surface area (Å²) >= 11 is 0. The van der Waals surface area contributed by atoms with Crippen molar-refractivity contribution >= 4 is 5.91 Å². The molecule has 0 aromatic heterocycles. The van der Waals surface area contributed by atoms with Gasteiger partial charge in [0, 0.05) is 32.1 Å². The van der Waals surface area contributed by atoms with Gasteiger partial charge < -0.3 is 14.9 Å². The second kappa shape index (κ2) is 6.71. The van der Waals surface area contributed by atoms with Crippen LogP contribution in [0.2, 0.25) is 0 Å². The average molecular weight is 268 g/mol. The van der Waals surface area contributed by atoms with E-state index in [1.165, 1.54) is 0 Å². The molecule has 0 aromatic rings. The van der Waals surface area contributed by atoms with Gasteiger partial charge in [0.05, 0.1) is 6.10 Å². The van der Waals surface area contributed by atoms with Gasteiger partial charge in [-0.05, 0) is 52.0 Å². The van der Waals surface area contributed by atoms with E-state index in [1.54, 1.807) is 0 Å². The summed E-state index contributed by atoms with van der Waals surface area (Å²) in [6.07, 6.45) is 4.98. The van der Waals surface area contributed by atoms with Gasteiger partial charge in [0.2, 0.25) is 5.91 Å². The number of hydrogen-bond acceptors (Lipinski definition) is 3. The largest absolute Gasteiger partial charge is 0.393 e. The quantitative estimate of drug-likeness (QED) is 0.840. The van der Waals surface area contributed by atoms with Crippen molar-refractivity contribution in [2.75, 3.05) is 26.2 Å². The molecule has 0 aromatic carbocycles. The molecular weight excluding hydrogens is 240 g/mol. The van der Waals surface area contributed by atoms with Gasteiger partial charge in [-0.2, -0.15) is 0 Å². The first-order valence-electron chi connectivity index (χ1n) is 7.78. The Morgan fingerprint density at radius 3 is 2.68 bits per heavy atom. The lowest BCUT2D eigenvalue weighted by Gasteiger charge is -2.34. The summed E-state index contributed by atoms with van der Waals surface area (Å²) in [6, 6.07) is 0.430. The Morgan fingerprint density at radius 2 is 2.05 bits per heavy atom. The molecular formula is C15H28N2O2. The number of rotatable bonds is 4. The van der Waals surface area contributed by atoms with Gasteiger partial charge in [0.1, 0.15) is 0 Å². The van der Waals surface area contributed by atoms with Crippen molar-refractivity contribution in [3.63, 3.8) is 0 Å². The Balaban J connectivity index is 1.74. The first kappa shape index (κ1) is 14.8. The van der Waals surface area contributed by atoms with Crippen LogP contribution in [0.15, 0.2) is 0 Å². The molecule has 2 fully saturated rings. The number of carbonyl (C=O) groups excluding carboxylic acids is 1. The molecule has 4 nitrogen and oxygen atoms in total. The van der Waals surface area contributed by atoms with Crippen LogP contribution in [0.3, 0.4) is 0 Å². The minimum atomic E-state index is -0.225. The summed E-state index contributed by atoms with van der Waals surface area (Å²) in [5, 5.41) is 9.68. The van der Waals surface area contributed by atoms with Crippen LogP contribution in [0.4, 0.5) is 0 Å². The number of hydrogen-bond donors (Lipinski definition) is 1. The number of piperidine rings is 1. The summed E-state index contributed by atoms with van der Waals surface area (Å²) in [5.41, 5.74) is 0. The predicted octanol–water partition coefficient (Wildman–Crippen LogP) is 1.48. The molecule has 2 saturated heterocycles. The van der Waals surface area contributed by atoms with Crippen molar-refractivity contribution in [1.29, 1.82) is 0 Å². The summed E-state index contributed by atoms with van der Waals surface area (Å²) in [5.74, 6) is 0.693. The van der Waals surface area contributed by atoms with Crippen molar-refractivity contribution in [1.82, 2.24) is 9.80 Å². The van der Waals surface area contributed by atoms with E-state index in [1.807, 2.05) is 11.8 Å². The fourth-order valence-corrected chi connectivity index (χ4v) is 3.39. The SMILES string of the molecule is CC(O)C1CCCN(CCC(=O)N2CCCC2C)C1. The van der Waals surface area contributed by atoms with Gasteiger partial charge in [0.15, 0.2) is 0 Å². The van der Waals surface area contributed by atoms with E-state index in [9.17, 15) is 9.90 Å². The third-order valence-electron chi connectivity index (χ3n) is 4.74. The van der Waals surface area contributed by atoms with Crippen molar-refractivity contribution in [3.8, 4) is 0 Å². The van der Waals surface area contributed by atoms with Crippen LogP contribution in [-0.2, 0) is 4.79 Å². The van der Waals surface area contributed by atoms with E-state index < -0.39 is 0 Å². The molecule has 0 bridgehead atoms. The molecule has 2 heterocycles. The number of nitrogens with zero attached hydrogens (tertiary/aromatic N) is 2. The molecule has 19 heavy (non-hydrogen) atoms. The molecule has 1 amide bonds. The van der Waals surface area contributed by atoms with Crippen LogP contribution < -0.4 is 0 Å².